The normalized spacial score (nSPS) is 18.7. The first kappa shape index (κ1) is 16.2. The van der Waals surface area contributed by atoms with Gasteiger partial charge >= 0.3 is 0 Å². The predicted molar refractivity (Wildman–Crippen MR) is 94.9 cm³/mol. The fourth-order valence-corrected chi connectivity index (χ4v) is 4.22. The number of carbonyl (C=O) groups is 1. The molecule has 23 heavy (non-hydrogen) atoms. The van der Waals surface area contributed by atoms with Crippen LogP contribution in [0.5, 0.6) is 5.75 Å². The topological polar surface area (TPSA) is 29.5 Å². The second-order valence-corrected chi connectivity index (χ2v) is 6.94. The molecule has 0 bridgehead atoms. The van der Waals surface area contributed by atoms with Gasteiger partial charge in [0.05, 0.1) is 0 Å². The Balaban J connectivity index is 1.74. The minimum atomic E-state index is -0.527. The van der Waals surface area contributed by atoms with E-state index in [1.807, 2.05) is 59.5 Å². The number of ether oxygens (including phenoxy) is 1. The Morgan fingerprint density at radius 2 is 1.91 bits per heavy atom. The van der Waals surface area contributed by atoms with E-state index >= 15 is 0 Å². The number of rotatable bonds is 4. The van der Waals surface area contributed by atoms with Gasteiger partial charge in [-0.1, -0.05) is 48.0 Å². The number of benzene rings is 2. The molecule has 2 aromatic carbocycles. The average Bonchev–Trinajstić information content (AvgIpc) is 3.04. The van der Waals surface area contributed by atoms with Gasteiger partial charge in [-0.2, -0.15) is 0 Å². The standard InChI is InChI=1S/C18H18ClNO2S/c1-13(22-14-7-3-2-4-8-14)17(21)20-11-12-23-18(20)15-9-5-6-10-16(15)19/h2-10,13,18H,11-12H2,1H3. The van der Waals surface area contributed by atoms with E-state index < -0.39 is 6.10 Å². The molecule has 3 rings (SSSR count). The molecule has 1 aliphatic rings. The summed E-state index contributed by atoms with van der Waals surface area (Å²) >= 11 is 8.04. The second-order valence-electron chi connectivity index (χ2n) is 5.35. The molecule has 2 aromatic rings. The summed E-state index contributed by atoms with van der Waals surface area (Å²) < 4.78 is 5.77. The van der Waals surface area contributed by atoms with Crippen molar-refractivity contribution < 1.29 is 9.53 Å². The van der Waals surface area contributed by atoms with Crippen molar-refractivity contribution in [3.8, 4) is 5.75 Å². The summed E-state index contributed by atoms with van der Waals surface area (Å²) in [7, 11) is 0. The number of halogens is 1. The molecule has 0 aliphatic carbocycles. The summed E-state index contributed by atoms with van der Waals surface area (Å²) in [4.78, 5) is 14.6. The van der Waals surface area contributed by atoms with Crippen LogP contribution in [-0.2, 0) is 4.79 Å². The molecule has 1 saturated heterocycles. The summed E-state index contributed by atoms with van der Waals surface area (Å²) in [5, 5.41) is 0.652. The Kier molecular flexibility index (Phi) is 5.13. The zero-order valence-corrected chi connectivity index (χ0v) is 14.4. The van der Waals surface area contributed by atoms with E-state index in [4.69, 9.17) is 16.3 Å². The average molecular weight is 348 g/mol. The van der Waals surface area contributed by atoms with Gasteiger partial charge in [0.25, 0.3) is 5.91 Å². The van der Waals surface area contributed by atoms with Crippen molar-refractivity contribution >= 4 is 29.3 Å². The number of thioether (sulfide) groups is 1. The molecule has 2 atom stereocenters. The Labute approximate surface area is 145 Å². The van der Waals surface area contributed by atoms with Gasteiger partial charge in [-0.25, -0.2) is 0 Å². The van der Waals surface area contributed by atoms with Crippen LogP contribution < -0.4 is 4.74 Å². The maximum Gasteiger partial charge on any atom is 0.264 e. The molecule has 5 heteroatoms. The van der Waals surface area contributed by atoms with Crippen LogP contribution in [0.3, 0.4) is 0 Å². The minimum absolute atomic E-state index is 0.0104. The van der Waals surface area contributed by atoms with E-state index in [1.54, 1.807) is 18.7 Å². The Morgan fingerprint density at radius 3 is 2.65 bits per heavy atom. The summed E-state index contributed by atoms with van der Waals surface area (Å²) in [6, 6.07) is 17.1. The third-order valence-electron chi connectivity index (χ3n) is 3.75. The highest BCUT2D eigenvalue weighted by atomic mass is 35.5. The highest BCUT2D eigenvalue weighted by Crippen LogP contribution is 2.41. The van der Waals surface area contributed by atoms with Gasteiger partial charge in [0.15, 0.2) is 6.10 Å². The molecule has 120 valence electrons. The summed E-state index contributed by atoms with van der Waals surface area (Å²) in [5.74, 6) is 1.60. The summed E-state index contributed by atoms with van der Waals surface area (Å²) in [6.07, 6.45) is -0.527. The molecular formula is C18H18ClNO2S. The molecule has 1 fully saturated rings. The van der Waals surface area contributed by atoms with Gasteiger partial charge in [-0.05, 0) is 25.1 Å². The minimum Gasteiger partial charge on any atom is -0.481 e. The smallest absolute Gasteiger partial charge is 0.264 e. The Morgan fingerprint density at radius 1 is 1.22 bits per heavy atom. The first-order valence-corrected chi connectivity index (χ1v) is 8.97. The number of nitrogens with zero attached hydrogens (tertiary/aromatic N) is 1. The molecule has 0 spiro atoms. The third-order valence-corrected chi connectivity index (χ3v) is 5.34. The monoisotopic (exact) mass is 347 g/mol. The van der Waals surface area contributed by atoms with Crippen molar-refractivity contribution in [2.24, 2.45) is 0 Å². The van der Waals surface area contributed by atoms with Crippen molar-refractivity contribution in [3.63, 3.8) is 0 Å². The van der Waals surface area contributed by atoms with Crippen molar-refractivity contribution in [1.82, 2.24) is 4.90 Å². The first-order valence-electron chi connectivity index (χ1n) is 7.55. The van der Waals surface area contributed by atoms with Gasteiger partial charge in [-0.15, -0.1) is 11.8 Å². The van der Waals surface area contributed by atoms with E-state index in [-0.39, 0.29) is 11.3 Å². The molecule has 2 unspecified atom stereocenters. The summed E-state index contributed by atoms with van der Waals surface area (Å²) in [6.45, 7) is 2.50. The lowest BCUT2D eigenvalue weighted by Crippen LogP contribution is -2.40. The van der Waals surface area contributed by atoms with E-state index in [0.29, 0.717) is 17.3 Å². The van der Waals surface area contributed by atoms with Crippen molar-refractivity contribution in [3.05, 3.63) is 65.2 Å². The molecule has 1 amide bonds. The number of amides is 1. The van der Waals surface area contributed by atoms with Crippen LogP contribution in [-0.4, -0.2) is 29.2 Å². The van der Waals surface area contributed by atoms with Gasteiger partial charge < -0.3 is 9.64 Å². The van der Waals surface area contributed by atoms with Crippen LogP contribution in [0.25, 0.3) is 0 Å². The van der Waals surface area contributed by atoms with E-state index in [9.17, 15) is 4.79 Å². The fraction of sp³-hybridized carbons (Fsp3) is 0.278. The van der Waals surface area contributed by atoms with Crippen LogP contribution in [0, 0.1) is 0 Å². The number of para-hydroxylation sites is 1. The first-order chi connectivity index (χ1) is 11.2. The van der Waals surface area contributed by atoms with Crippen LogP contribution in [0.4, 0.5) is 0 Å². The predicted octanol–water partition coefficient (Wildman–Crippen LogP) is 4.38. The van der Waals surface area contributed by atoms with Crippen LogP contribution >= 0.6 is 23.4 Å². The fourth-order valence-electron chi connectivity index (χ4n) is 2.62. The molecule has 3 nitrogen and oxygen atoms in total. The largest absolute Gasteiger partial charge is 0.481 e. The molecule has 0 saturated carbocycles. The van der Waals surface area contributed by atoms with Gasteiger partial charge in [0, 0.05) is 22.9 Å². The highest BCUT2D eigenvalue weighted by molar-refractivity contribution is 7.99. The maximum atomic E-state index is 12.8. The number of carbonyl (C=O) groups excluding carboxylic acids is 1. The molecular weight excluding hydrogens is 330 g/mol. The molecule has 0 N–H and O–H groups in total. The number of hydrogen-bond acceptors (Lipinski definition) is 3. The van der Waals surface area contributed by atoms with Crippen LogP contribution in [0.2, 0.25) is 5.02 Å². The lowest BCUT2D eigenvalue weighted by Gasteiger charge is -2.27. The zero-order chi connectivity index (χ0) is 16.2. The van der Waals surface area contributed by atoms with Crippen LogP contribution in [0.1, 0.15) is 17.9 Å². The quantitative estimate of drug-likeness (QED) is 0.822. The second kappa shape index (κ2) is 7.28. The third kappa shape index (κ3) is 3.65. The van der Waals surface area contributed by atoms with E-state index in [0.717, 1.165) is 11.3 Å². The Bertz CT molecular complexity index is 680. The molecule has 1 heterocycles. The Hall–Kier alpha value is -1.65. The number of hydrogen-bond donors (Lipinski definition) is 0. The molecule has 0 radical (unpaired) electrons. The van der Waals surface area contributed by atoms with Gasteiger partial charge in [0.1, 0.15) is 11.1 Å². The lowest BCUT2D eigenvalue weighted by molar-refractivity contribution is -0.138. The highest BCUT2D eigenvalue weighted by Gasteiger charge is 2.34. The van der Waals surface area contributed by atoms with Crippen molar-refractivity contribution in [2.75, 3.05) is 12.3 Å². The van der Waals surface area contributed by atoms with Gasteiger partial charge in [0.2, 0.25) is 0 Å². The zero-order valence-electron chi connectivity index (χ0n) is 12.8. The summed E-state index contributed by atoms with van der Waals surface area (Å²) in [5.41, 5.74) is 0.983. The maximum absolute atomic E-state index is 12.8. The molecule has 1 aliphatic heterocycles. The lowest BCUT2D eigenvalue weighted by atomic mass is 10.2. The van der Waals surface area contributed by atoms with Crippen molar-refractivity contribution in [1.29, 1.82) is 0 Å². The molecule has 0 aromatic heterocycles. The van der Waals surface area contributed by atoms with Crippen LogP contribution in [0.15, 0.2) is 54.6 Å². The van der Waals surface area contributed by atoms with Gasteiger partial charge in [-0.3, -0.25) is 4.79 Å². The van der Waals surface area contributed by atoms with Crippen molar-refractivity contribution in [2.45, 2.75) is 18.4 Å². The van der Waals surface area contributed by atoms with E-state index in [1.165, 1.54) is 0 Å². The SMILES string of the molecule is CC(Oc1ccccc1)C(=O)N1CCSC1c1ccccc1Cl. The van der Waals surface area contributed by atoms with E-state index in [2.05, 4.69) is 0 Å².